The smallest absolute Gasteiger partial charge is 0.237 e. The van der Waals surface area contributed by atoms with Crippen LogP contribution in [0.4, 0.5) is 5.95 Å². The summed E-state index contributed by atoms with van der Waals surface area (Å²) in [5.41, 5.74) is 0. The molecule has 0 amide bonds. The molecule has 9 heteroatoms. The molecule has 8 nitrogen and oxygen atoms in total. The van der Waals surface area contributed by atoms with Crippen molar-refractivity contribution >= 4 is 17.5 Å². The average Bonchev–Trinajstić information content (AvgIpc) is 3.16. The van der Waals surface area contributed by atoms with Gasteiger partial charge in [-0.2, -0.15) is 10.1 Å². The van der Waals surface area contributed by atoms with Crippen LogP contribution in [0.15, 0.2) is 6.20 Å². The summed E-state index contributed by atoms with van der Waals surface area (Å²) in [7, 11) is 0. The van der Waals surface area contributed by atoms with E-state index < -0.39 is 0 Å². The summed E-state index contributed by atoms with van der Waals surface area (Å²) < 4.78 is 11.1. The van der Waals surface area contributed by atoms with Gasteiger partial charge in [0.2, 0.25) is 11.8 Å². The summed E-state index contributed by atoms with van der Waals surface area (Å²) in [5, 5.41) is 10.7. The number of aromatic nitrogens is 5. The van der Waals surface area contributed by atoms with E-state index in [-0.39, 0.29) is 12.0 Å². The van der Waals surface area contributed by atoms with Crippen molar-refractivity contribution in [3.05, 3.63) is 22.9 Å². The number of rotatable bonds is 6. The van der Waals surface area contributed by atoms with Gasteiger partial charge in [-0.3, -0.25) is 5.10 Å². The molecular formula is C14H19ClN6O2. The molecule has 0 bridgehead atoms. The highest BCUT2D eigenvalue weighted by molar-refractivity contribution is 6.31. The lowest BCUT2D eigenvalue weighted by atomic mass is 10.0. The van der Waals surface area contributed by atoms with E-state index in [0.29, 0.717) is 42.4 Å². The van der Waals surface area contributed by atoms with Crippen molar-refractivity contribution in [3.8, 4) is 5.88 Å². The lowest BCUT2D eigenvalue weighted by molar-refractivity contribution is 0.0863. The first-order chi connectivity index (χ1) is 11.2. The predicted octanol–water partition coefficient (Wildman–Crippen LogP) is 2.14. The van der Waals surface area contributed by atoms with Gasteiger partial charge in [0.05, 0.1) is 12.8 Å². The van der Waals surface area contributed by atoms with Crippen molar-refractivity contribution in [2.75, 3.05) is 25.1 Å². The van der Waals surface area contributed by atoms with Crippen molar-refractivity contribution in [3.63, 3.8) is 0 Å². The molecule has 0 aliphatic carbocycles. The van der Waals surface area contributed by atoms with Crippen molar-refractivity contribution in [1.82, 2.24) is 25.1 Å². The number of nitrogens with zero attached hydrogens (tertiary/aromatic N) is 4. The Bertz CT molecular complexity index is 664. The second kappa shape index (κ2) is 7.10. The van der Waals surface area contributed by atoms with Gasteiger partial charge in [-0.25, -0.2) is 9.97 Å². The van der Waals surface area contributed by atoms with Gasteiger partial charge in [0, 0.05) is 19.1 Å². The number of aryl methyl sites for hydroxylation is 1. The highest BCUT2D eigenvalue weighted by Crippen LogP contribution is 2.32. The van der Waals surface area contributed by atoms with Gasteiger partial charge in [-0.05, 0) is 20.3 Å². The SMILES string of the molecule is CCOc1nc(NC[C@@H]2CCO[C@@H]2c2n[nH]c(C)n2)ncc1Cl. The van der Waals surface area contributed by atoms with Crippen LogP contribution in [0.25, 0.3) is 0 Å². The molecule has 2 aromatic heterocycles. The number of hydrogen-bond donors (Lipinski definition) is 2. The molecule has 1 aliphatic rings. The van der Waals surface area contributed by atoms with Crippen molar-refractivity contribution < 1.29 is 9.47 Å². The van der Waals surface area contributed by atoms with Gasteiger partial charge in [0.25, 0.3) is 0 Å². The number of hydrogen-bond acceptors (Lipinski definition) is 7. The maximum atomic E-state index is 5.99. The Labute approximate surface area is 139 Å². The fraction of sp³-hybridized carbons (Fsp3) is 0.571. The molecule has 2 aromatic rings. The molecule has 124 valence electrons. The summed E-state index contributed by atoms with van der Waals surface area (Å²) in [4.78, 5) is 12.8. The number of anilines is 1. The van der Waals surface area contributed by atoms with Crippen LogP contribution in [0, 0.1) is 12.8 Å². The van der Waals surface area contributed by atoms with Crippen molar-refractivity contribution in [2.45, 2.75) is 26.4 Å². The second-order valence-electron chi connectivity index (χ2n) is 5.28. The Morgan fingerprint density at radius 3 is 3.09 bits per heavy atom. The third-order valence-electron chi connectivity index (χ3n) is 3.60. The minimum Gasteiger partial charge on any atom is -0.477 e. The van der Waals surface area contributed by atoms with Crippen LogP contribution in [0.2, 0.25) is 5.02 Å². The molecule has 0 spiro atoms. The van der Waals surface area contributed by atoms with Crippen LogP contribution >= 0.6 is 11.6 Å². The number of H-pyrrole nitrogens is 1. The van der Waals surface area contributed by atoms with Crippen molar-refractivity contribution in [1.29, 1.82) is 0 Å². The number of aromatic amines is 1. The Morgan fingerprint density at radius 2 is 2.35 bits per heavy atom. The fourth-order valence-electron chi connectivity index (χ4n) is 2.51. The topological polar surface area (TPSA) is 97.8 Å². The van der Waals surface area contributed by atoms with E-state index in [1.165, 1.54) is 6.20 Å². The lowest BCUT2D eigenvalue weighted by Crippen LogP contribution is -2.20. The highest BCUT2D eigenvalue weighted by atomic mass is 35.5. The van der Waals surface area contributed by atoms with Gasteiger partial charge in [-0.15, -0.1) is 0 Å². The van der Waals surface area contributed by atoms with E-state index in [4.69, 9.17) is 21.1 Å². The normalized spacial score (nSPS) is 20.7. The molecule has 0 radical (unpaired) electrons. The first kappa shape index (κ1) is 15.9. The Morgan fingerprint density at radius 1 is 1.48 bits per heavy atom. The van der Waals surface area contributed by atoms with E-state index in [1.54, 1.807) is 0 Å². The summed E-state index contributed by atoms with van der Waals surface area (Å²) >= 11 is 5.99. The molecule has 1 saturated heterocycles. The molecule has 1 aliphatic heterocycles. The second-order valence-corrected chi connectivity index (χ2v) is 5.69. The van der Waals surface area contributed by atoms with Crippen LogP contribution in [0.1, 0.15) is 31.1 Å². The molecule has 3 rings (SSSR count). The quantitative estimate of drug-likeness (QED) is 0.832. The average molecular weight is 339 g/mol. The lowest BCUT2D eigenvalue weighted by Gasteiger charge is -2.16. The molecule has 0 unspecified atom stereocenters. The monoisotopic (exact) mass is 338 g/mol. The molecule has 1 fully saturated rings. The first-order valence-electron chi connectivity index (χ1n) is 7.57. The molecular weight excluding hydrogens is 320 g/mol. The fourth-order valence-corrected chi connectivity index (χ4v) is 2.66. The highest BCUT2D eigenvalue weighted by Gasteiger charge is 2.32. The van der Waals surface area contributed by atoms with E-state index in [9.17, 15) is 0 Å². The zero-order valence-corrected chi connectivity index (χ0v) is 13.8. The van der Waals surface area contributed by atoms with Gasteiger partial charge in [0.15, 0.2) is 5.82 Å². The van der Waals surface area contributed by atoms with Gasteiger partial charge < -0.3 is 14.8 Å². The Balaban J connectivity index is 1.64. The molecule has 0 aromatic carbocycles. The van der Waals surface area contributed by atoms with Crippen LogP contribution in [0.3, 0.4) is 0 Å². The van der Waals surface area contributed by atoms with Crippen molar-refractivity contribution in [2.24, 2.45) is 5.92 Å². The Hall–Kier alpha value is -1.93. The van der Waals surface area contributed by atoms with E-state index in [0.717, 1.165) is 12.2 Å². The molecule has 3 heterocycles. The maximum Gasteiger partial charge on any atom is 0.237 e. The third kappa shape index (κ3) is 3.70. The third-order valence-corrected chi connectivity index (χ3v) is 3.86. The summed E-state index contributed by atoms with van der Waals surface area (Å²) in [6, 6.07) is 0. The molecule has 2 N–H and O–H groups in total. The predicted molar refractivity (Wildman–Crippen MR) is 84.6 cm³/mol. The number of nitrogens with one attached hydrogen (secondary N) is 2. The molecule has 0 saturated carbocycles. The van der Waals surface area contributed by atoms with Gasteiger partial charge in [0.1, 0.15) is 17.0 Å². The minimum absolute atomic E-state index is 0.119. The molecule has 23 heavy (non-hydrogen) atoms. The summed E-state index contributed by atoms with van der Waals surface area (Å²) in [6.07, 6.45) is 2.34. The number of halogens is 1. The van der Waals surface area contributed by atoms with E-state index >= 15 is 0 Å². The maximum absolute atomic E-state index is 5.99. The van der Waals surface area contributed by atoms with Crippen LogP contribution in [-0.2, 0) is 4.74 Å². The molecule has 2 atom stereocenters. The zero-order valence-electron chi connectivity index (χ0n) is 13.0. The van der Waals surface area contributed by atoms with Gasteiger partial charge in [-0.1, -0.05) is 11.6 Å². The number of ether oxygens (including phenoxy) is 2. The standard InChI is InChI=1S/C14H19ClN6O2/c1-3-22-13-10(15)7-17-14(19-13)16-6-9-4-5-23-11(9)12-18-8(2)20-21-12/h7,9,11H,3-6H2,1-2H3,(H,16,17,19)(H,18,20,21)/t9-,11-/m0/s1. The summed E-state index contributed by atoms with van der Waals surface area (Å²) in [5.74, 6) is 2.59. The van der Waals surface area contributed by atoms with Gasteiger partial charge >= 0.3 is 0 Å². The van der Waals surface area contributed by atoms with E-state index in [1.807, 2.05) is 13.8 Å². The zero-order chi connectivity index (χ0) is 16.2. The van der Waals surface area contributed by atoms with Crippen LogP contribution in [0.5, 0.6) is 5.88 Å². The largest absolute Gasteiger partial charge is 0.477 e. The first-order valence-corrected chi connectivity index (χ1v) is 7.95. The Kier molecular flexibility index (Phi) is 4.92. The van der Waals surface area contributed by atoms with Crippen LogP contribution < -0.4 is 10.1 Å². The minimum atomic E-state index is -0.119. The van der Waals surface area contributed by atoms with Crippen LogP contribution in [-0.4, -0.2) is 44.9 Å². The van der Waals surface area contributed by atoms with E-state index in [2.05, 4.69) is 30.5 Å². The summed E-state index contributed by atoms with van der Waals surface area (Å²) in [6.45, 7) is 5.60.